The first-order valence-electron chi connectivity index (χ1n) is 4.07. The van der Waals surface area contributed by atoms with Gasteiger partial charge >= 0.3 is 0 Å². The molecule has 0 aliphatic carbocycles. The summed E-state index contributed by atoms with van der Waals surface area (Å²) >= 11 is 3.23. The predicted octanol–water partition coefficient (Wildman–Crippen LogP) is 3.11. The number of methoxy groups -OCH3 is 1. The van der Waals surface area contributed by atoms with E-state index < -0.39 is 0 Å². The first kappa shape index (κ1) is 9.27. The molecule has 0 aliphatic rings. The fourth-order valence-corrected chi connectivity index (χ4v) is 1.51. The molecule has 0 aliphatic heterocycles. The highest BCUT2D eigenvalue weighted by molar-refractivity contribution is 9.10. The fraction of sp³-hybridized carbons (Fsp3) is 0.100. The van der Waals surface area contributed by atoms with Crippen LogP contribution in [0, 0.1) is 0 Å². The standard InChI is InChI=1S/C10H8BrNO2/c1-13-8-5-3-2-4-7(8)9-6-10(11)12-14-9/h2-6H,1H3. The molecule has 0 N–H and O–H groups in total. The van der Waals surface area contributed by atoms with Crippen LogP contribution in [0.2, 0.25) is 0 Å². The summed E-state index contributed by atoms with van der Waals surface area (Å²) in [4.78, 5) is 0. The molecule has 0 fully saturated rings. The second-order valence-corrected chi connectivity index (χ2v) is 3.53. The summed E-state index contributed by atoms with van der Waals surface area (Å²) < 4.78 is 11.0. The molecular weight excluding hydrogens is 246 g/mol. The van der Waals surface area contributed by atoms with E-state index in [0.717, 1.165) is 11.3 Å². The van der Waals surface area contributed by atoms with Gasteiger partial charge in [-0.3, -0.25) is 0 Å². The average Bonchev–Trinajstić information content (AvgIpc) is 2.65. The second kappa shape index (κ2) is 3.84. The maximum Gasteiger partial charge on any atom is 0.171 e. The summed E-state index contributed by atoms with van der Waals surface area (Å²) in [5.74, 6) is 1.46. The molecule has 3 nitrogen and oxygen atoms in total. The summed E-state index contributed by atoms with van der Waals surface area (Å²) in [6.07, 6.45) is 0. The van der Waals surface area contributed by atoms with E-state index in [1.54, 1.807) is 13.2 Å². The van der Waals surface area contributed by atoms with E-state index >= 15 is 0 Å². The highest BCUT2D eigenvalue weighted by Gasteiger charge is 2.09. The molecule has 1 heterocycles. The van der Waals surface area contributed by atoms with Gasteiger partial charge in [0.25, 0.3) is 0 Å². The summed E-state index contributed by atoms with van der Waals surface area (Å²) in [6, 6.07) is 9.44. The zero-order valence-corrected chi connectivity index (χ0v) is 9.11. The molecule has 0 amide bonds. The molecule has 4 heteroatoms. The number of hydrogen-bond acceptors (Lipinski definition) is 3. The SMILES string of the molecule is COc1ccccc1-c1cc(Br)no1. The highest BCUT2D eigenvalue weighted by Crippen LogP contribution is 2.30. The molecular formula is C10H8BrNO2. The highest BCUT2D eigenvalue weighted by atomic mass is 79.9. The van der Waals surface area contributed by atoms with Crippen LogP contribution in [-0.4, -0.2) is 12.3 Å². The first-order valence-corrected chi connectivity index (χ1v) is 4.86. The minimum Gasteiger partial charge on any atom is -0.496 e. The van der Waals surface area contributed by atoms with Gasteiger partial charge in [-0.15, -0.1) is 0 Å². The summed E-state index contributed by atoms with van der Waals surface area (Å²) in [6.45, 7) is 0. The molecule has 2 rings (SSSR count). The maximum atomic E-state index is 5.21. The topological polar surface area (TPSA) is 35.3 Å². The maximum absolute atomic E-state index is 5.21. The Morgan fingerprint density at radius 3 is 2.79 bits per heavy atom. The number of nitrogens with zero attached hydrogens (tertiary/aromatic N) is 1. The number of ether oxygens (including phenoxy) is 1. The number of para-hydroxylation sites is 1. The van der Waals surface area contributed by atoms with E-state index in [4.69, 9.17) is 9.26 Å². The van der Waals surface area contributed by atoms with Gasteiger partial charge in [-0.2, -0.15) is 0 Å². The Morgan fingerprint density at radius 2 is 2.14 bits per heavy atom. The normalized spacial score (nSPS) is 10.1. The molecule has 14 heavy (non-hydrogen) atoms. The smallest absolute Gasteiger partial charge is 0.171 e. The van der Waals surface area contributed by atoms with Crippen LogP contribution >= 0.6 is 15.9 Å². The molecule has 0 radical (unpaired) electrons. The van der Waals surface area contributed by atoms with Crippen LogP contribution in [0.1, 0.15) is 0 Å². The van der Waals surface area contributed by atoms with Crippen molar-refractivity contribution >= 4 is 15.9 Å². The van der Waals surface area contributed by atoms with Crippen molar-refractivity contribution < 1.29 is 9.26 Å². The van der Waals surface area contributed by atoms with E-state index in [9.17, 15) is 0 Å². The van der Waals surface area contributed by atoms with Gasteiger partial charge in [-0.1, -0.05) is 17.3 Å². The van der Waals surface area contributed by atoms with Crippen LogP contribution in [0.15, 0.2) is 39.5 Å². The van der Waals surface area contributed by atoms with Crippen LogP contribution in [0.4, 0.5) is 0 Å². The number of aromatic nitrogens is 1. The molecule has 72 valence electrons. The van der Waals surface area contributed by atoms with Gasteiger partial charge in [0.1, 0.15) is 10.4 Å². The van der Waals surface area contributed by atoms with Gasteiger partial charge < -0.3 is 9.26 Å². The van der Waals surface area contributed by atoms with Crippen molar-refractivity contribution in [2.45, 2.75) is 0 Å². The van der Waals surface area contributed by atoms with E-state index in [1.165, 1.54) is 0 Å². The first-order chi connectivity index (χ1) is 6.81. The Hall–Kier alpha value is -1.29. The Balaban J connectivity index is 2.50. The number of halogens is 1. The lowest BCUT2D eigenvalue weighted by Gasteiger charge is -2.03. The monoisotopic (exact) mass is 253 g/mol. The third-order valence-electron chi connectivity index (χ3n) is 1.85. The molecule has 0 saturated heterocycles. The zero-order chi connectivity index (χ0) is 9.97. The van der Waals surface area contributed by atoms with Crippen molar-refractivity contribution in [1.82, 2.24) is 5.16 Å². The largest absolute Gasteiger partial charge is 0.496 e. The van der Waals surface area contributed by atoms with Gasteiger partial charge in [-0.25, -0.2) is 0 Å². The third-order valence-corrected chi connectivity index (χ3v) is 2.23. The van der Waals surface area contributed by atoms with Gasteiger partial charge in [0.2, 0.25) is 0 Å². The van der Waals surface area contributed by atoms with E-state index in [1.807, 2.05) is 24.3 Å². The average molecular weight is 254 g/mol. The zero-order valence-electron chi connectivity index (χ0n) is 7.53. The Kier molecular flexibility index (Phi) is 2.54. The molecule has 0 bridgehead atoms. The van der Waals surface area contributed by atoms with Gasteiger partial charge in [0.15, 0.2) is 5.76 Å². The molecule has 1 aromatic heterocycles. The van der Waals surface area contributed by atoms with Crippen LogP contribution < -0.4 is 4.74 Å². The van der Waals surface area contributed by atoms with Crippen LogP contribution in [0.5, 0.6) is 5.75 Å². The molecule has 0 spiro atoms. The van der Waals surface area contributed by atoms with Crippen molar-refractivity contribution in [2.24, 2.45) is 0 Å². The van der Waals surface area contributed by atoms with Crippen LogP contribution in [-0.2, 0) is 0 Å². The molecule has 0 saturated carbocycles. The lowest BCUT2D eigenvalue weighted by molar-refractivity contribution is 0.405. The molecule has 0 atom stereocenters. The minimum atomic E-state index is 0.679. The Bertz CT molecular complexity index is 439. The summed E-state index contributed by atoms with van der Waals surface area (Å²) in [5.41, 5.74) is 0.896. The van der Waals surface area contributed by atoms with E-state index in [2.05, 4.69) is 21.1 Å². The molecule has 0 unspecified atom stereocenters. The van der Waals surface area contributed by atoms with Gasteiger partial charge in [0, 0.05) is 6.07 Å². The van der Waals surface area contributed by atoms with Crippen molar-refractivity contribution in [3.05, 3.63) is 34.9 Å². The minimum absolute atomic E-state index is 0.679. The summed E-state index contributed by atoms with van der Waals surface area (Å²) in [5, 5.41) is 3.75. The van der Waals surface area contributed by atoms with Crippen molar-refractivity contribution in [3.63, 3.8) is 0 Å². The summed E-state index contributed by atoms with van der Waals surface area (Å²) in [7, 11) is 1.63. The van der Waals surface area contributed by atoms with Gasteiger partial charge in [0.05, 0.1) is 12.7 Å². The number of rotatable bonds is 2. The van der Waals surface area contributed by atoms with Crippen molar-refractivity contribution in [3.8, 4) is 17.1 Å². The lowest BCUT2D eigenvalue weighted by Crippen LogP contribution is -1.85. The van der Waals surface area contributed by atoms with Gasteiger partial charge in [-0.05, 0) is 28.1 Å². The molecule has 2 aromatic rings. The van der Waals surface area contributed by atoms with E-state index in [0.29, 0.717) is 10.4 Å². The lowest BCUT2D eigenvalue weighted by atomic mass is 10.1. The third kappa shape index (κ3) is 1.65. The second-order valence-electron chi connectivity index (χ2n) is 2.71. The quantitative estimate of drug-likeness (QED) is 0.825. The van der Waals surface area contributed by atoms with E-state index in [-0.39, 0.29) is 0 Å². The van der Waals surface area contributed by atoms with Crippen LogP contribution in [0.25, 0.3) is 11.3 Å². The van der Waals surface area contributed by atoms with Crippen molar-refractivity contribution in [1.29, 1.82) is 0 Å². The van der Waals surface area contributed by atoms with Crippen molar-refractivity contribution in [2.75, 3.05) is 7.11 Å². The predicted molar refractivity (Wildman–Crippen MR) is 56.2 cm³/mol. The Labute approximate surface area is 89.8 Å². The number of benzene rings is 1. The molecule has 1 aromatic carbocycles. The fourth-order valence-electron chi connectivity index (χ4n) is 1.23. The van der Waals surface area contributed by atoms with Crippen LogP contribution in [0.3, 0.4) is 0 Å². The number of hydrogen-bond donors (Lipinski definition) is 0. The Morgan fingerprint density at radius 1 is 1.36 bits per heavy atom.